The zero-order chi connectivity index (χ0) is 20.4. The quantitative estimate of drug-likeness (QED) is 0.812. The average Bonchev–Trinajstić information content (AvgIpc) is 3.34. The fourth-order valence-electron chi connectivity index (χ4n) is 4.92. The largest absolute Gasteiger partial charge is 0.356 e. The average molecular weight is 399 g/mol. The van der Waals surface area contributed by atoms with E-state index in [1.807, 2.05) is 28.5 Å². The smallest absolute Gasteiger partial charge is 0.326 e. The molecule has 1 aliphatic carbocycles. The van der Waals surface area contributed by atoms with E-state index in [2.05, 4.69) is 10.3 Å². The number of carbonyl (C=O) groups excluding carboxylic acids is 2. The second kappa shape index (κ2) is 8.43. The first-order valence-electron chi connectivity index (χ1n) is 10.9. The Bertz CT molecular complexity index is 955. The van der Waals surface area contributed by atoms with Crippen molar-refractivity contribution in [1.29, 1.82) is 0 Å². The van der Waals surface area contributed by atoms with Crippen LogP contribution in [0.15, 0.2) is 23.0 Å². The number of aromatic amines is 1. The van der Waals surface area contributed by atoms with Crippen LogP contribution in [0.3, 0.4) is 0 Å². The number of imidazole rings is 1. The molecule has 2 aromatic rings. The van der Waals surface area contributed by atoms with E-state index in [1.54, 1.807) is 6.07 Å². The lowest BCUT2D eigenvalue weighted by molar-refractivity contribution is -0.122. The Morgan fingerprint density at radius 3 is 2.66 bits per heavy atom. The molecule has 1 aromatic carbocycles. The standard InChI is InChI=1S/C22H30N4O3/c1-2-23-20(27)14-17-9-5-6-12-25(17)21(28)15-10-11-19-18(13-15)24-22(29)26(19)16-7-3-4-8-16/h10-11,13,16-17H,2-9,12,14H2,1H3,(H,23,27)(H,24,29)/t17-/m0/s1. The maximum atomic E-state index is 13.2. The van der Waals surface area contributed by atoms with Gasteiger partial charge in [-0.15, -0.1) is 0 Å². The van der Waals surface area contributed by atoms with E-state index < -0.39 is 0 Å². The predicted molar refractivity (Wildman–Crippen MR) is 112 cm³/mol. The van der Waals surface area contributed by atoms with E-state index in [4.69, 9.17) is 0 Å². The van der Waals surface area contributed by atoms with E-state index in [9.17, 15) is 14.4 Å². The number of benzene rings is 1. The molecular formula is C22H30N4O3. The van der Waals surface area contributed by atoms with Gasteiger partial charge in [-0.1, -0.05) is 12.8 Å². The number of nitrogens with zero attached hydrogens (tertiary/aromatic N) is 2. The van der Waals surface area contributed by atoms with Crippen LogP contribution in [-0.4, -0.2) is 45.4 Å². The van der Waals surface area contributed by atoms with Crippen molar-refractivity contribution in [2.24, 2.45) is 0 Å². The first-order valence-corrected chi connectivity index (χ1v) is 10.9. The van der Waals surface area contributed by atoms with Crippen molar-refractivity contribution in [1.82, 2.24) is 19.8 Å². The number of aromatic nitrogens is 2. The highest BCUT2D eigenvalue weighted by atomic mass is 16.2. The van der Waals surface area contributed by atoms with Gasteiger partial charge in [-0.2, -0.15) is 0 Å². The number of fused-ring (bicyclic) bond motifs is 1. The van der Waals surface area contributed by atoms with Gasteiger partial charge in [0.1, 0.15) is 0 Å². The molecular weight excluding hydrogens is 368 g/mol. The summed E-state index contributed by atoms with van der Waals surface area (Å²) in [5.74, 6) is -0.0685. The molecule has 156 valence electrons. The van der Waals surface area contributed by atoms with Gasteiger partial charge in [-0.3, -0.25) is 14.2 Å². The molecule has 1 saturated heterocycles. The number of hydrogen-bond acceptors (Lipinski definition) is 3. The van der Waals surface area contributed by atoms with Crippen LogP contribution in [0.4, 0.5) is 0 Å². The molecule has 4 rings (SSSR count). The number of hydrogen-bond donors (Lipinski definition) is 2. The van der Waals surface area contributed by atoms with E-state index in [-0.39, 0.29) is 29.6 Å². The first-order chi connectivity index (χ1) is 14.1. The number of likely N-dealkylation sites (tertiary alicyclic amines) is 1. The van der Waals surface area contributed by atoms with Gasteiger partial charge >= 0.3 is 5.69 Å². The van der Waals surface area contributed by atoms with E-state index in [0.717, 1.165) is 50.5 Å². The number of carbonyl (C=O) groups is 2. The van der Waals surface area contributed by atoms with Gasteiger partial charge in [0, 0.05) is 37.2 Å². The van der Waals surface area contributed by atoms with Crippen molar-refractivity contribution in [3.8, 4) is 0 Å². The van der Waals surface area contributed by atoms with Crippen LogP contribution in [0.5, 0.6) is 0 Å². The maximum Gasteiger partial charge on any atom is 0.326 e. The Morgan fingerprint density at radius 1 is 1.14 bits per heavy atom. The number of piperidine rings is 1. The van der Waals surface area contributed by atoms with E-state index in [1.165, 1.54) is 0 Å². The SMILES string of the molecule is CCNC(=O)C[C@@H]1CCCCN1C(=O)c1ccc2c(c1)[nH]c(=O)n2C1CCCC1. The molecule has 0 unspecified atom stereocenters. The third kappa shape index (κ3) is 3.95. The molecule has 2 amide bonds. The molecule has 1 aliphatic heterocycles. The van der Waals surface area contributed by atoms with Crippen LogP contribution in [0.1, 0.15) is 74.7 Å². The minimum atomic E-state index is -0.0939. The zero-order valence-electron chi connectivity index (χ0n) is 17.1. The molecule has 1 atom stereocenters. The Kier molecular flexibility index (Phi) is 5.74. The van der Waals surface area contributed by atoms with Crippen molar-refractivity contribution >= 4 is 22.8 Å². The van der Waals surface area contributed by atoms with Crippen LogP contribution in [0.2, 0.25) is 0 Å². The van der Waals surface area contributed by atoms with Crippen molar-refractivity contribution in [3.63, 3.8) is 0 Å². The van der Waals surface area contributed by atoms with E-state index >= 15 is 0 Å². The molecule has 1 aromatic heterocycles. The van der Waals surface area contributed by atoms with Crippen LogP contribution in [0, 0.1) is 0 Å². The van der Waals surface area contributed by atoms with Gasteiger partial charge < -0.3 is 15.2 Å². The summed E-state index contributed by atoms with van der Waals surface area (Å²) in [5, 5.41) is 2.83. The van der Waals surface area contributed by atoms with Crippen LogP contribution in [-0.2, 0) is 4.79 Å². The summed E-state index contributed by atoms with van der Waals surface area (Å²) in [4.78, 5) is 42.6. The van der Waals surface area contributed by atoms with Crippen molar-refractivity contribution in [3.05, 3.63) is 34.2 Å². The van der Waals surface area contributed by atoms with Crippen LogP contribution in [0.25, 0.3) is 11.0 Å². The lowest BCUT2D eigenvalue weighted by atomic mass is 9.97. The number of amides is 2. The monoisotopic (exact) mass is 398 g/mol. The molecule has 1 saturated carbocycles. The number of rotatable bonds is 5. The topological polar surface area (TPSA) is 87.2 Å². The Balaban J connectivity index is 1.59. The van der Waals surface area contributed by atoms with Crippen LogP contribution < -0.4 is 11.0 Å². The third-order valence-electron chi connectivity index (χ3n) is 6.34. The fourth-order valence-corrected chi connectivity index (χ4v) is 4.92. The molecule has 0 radical (unpaired) electrons. The highest BCUT2D eigenvalue weighted by molar-refractivity contribution is 5.98. The van der Waals surface area contributed by atoms with Gasteiger partial charge in [0.15, 0.2) is 0 Å². The lowest BCUT2D eigenvalue weighted by Crippen LogP contribution is -2.46. The maximum absolute atomic E-state index is 13.2. The fraction of sp³-hybridized carbons (Fsp3) is 0.591. The Morgan fingerprint density at radius 2 is 1.90 bits per heavy atom. The summed E-state index contributed by atoms with van der Waals surface area (Å²) in [6, 6.07) is 5.69. The summed E-state index contributed by atoms with van der Waals surface area (Å²) in [6.07, 6.45) is 7.55. The molecule has 2 fully saturated rings. The molecule has 0 bridgehead atoms. The third-order valence-corrected chi connectivity index (χ3v) is 6.34. The Hall–Kier alpha value is -2.57. The van der Waals surface area contributed by atoms with Gasteiger partial charge in [0.25, 0.3) is 5.91 Å². The summed E-state index contributed by atoms with van der Waals surface area (Å²) >= 11 is 0. The second-order valence-electron chi connectivity index (χ2n) is 8.28. The summed E-state index contributed by atoms with van der Waals surface area (Å²) < 4.78 is 1.86. The number of nitrogens with one attached hydrogen (secondary N) is 2. The molecule has 2 N–H and O–H groups in total. The molecule has 2 heterocycles. The summed E-state index contributed by atoms with van der Waals surface area (Å²) in [7, 11) is 0. The molecule has 29 heavy (non-hydrogen) atoms. The van der Waals surface area contributed by atoms with Crippen LogP contribution >= 0.6 is 0 Å². The lowest BCUT2D eigenvalue weighted by Gasteiger charge is -2.35. The highest BCUT2D eigenvalue weighted by Gasteiger charge is 2.29. The molecule has 7 heteroatoms. The summed E-state index contributed by atoms with van der Waals surface area (Å²) in [5.41, 5.74) is 2.06. The highest BCUT2D eigenvalue weighted by Crippen LogP contribution is 2.31. The van der Waals surface area contributed by atoms with Gasteiger partial charge in [0.2, 0.25) is 5.91 Å². The molecule has 7 nitrogen and oxygen atoms in total. The predicted octanol–water partition coefficient (Wildman–Crippen LogP) is 2.97. The van der Waals surface area contributed by atoms with Crippen molar-refractivity contribution in [2.45, 2.75) is 70.4 Å². The van der Waals surface area contributed by atoms with E-state index in [0.29, 0.717) is 30.6 Å². The van der Waals surface area contributed by atoms with Gasteiger partial charge in [0.05, 0.1) is 11.0 Å². The zero-order valence-corrected chi connectivity index (χ0v) is 17.1. The number of H-pyrrole nitrogens is 1. The summed E-state index contributed by atoms with van der Waals surface area (Å²) in [6.45, 7) is 3.16. The normalized spacial score (nSPS) is 20.3. The van der Waals surface area contributed by atoms with Gasteiger partial charge in [-0.05, 0) is 57.2 Å². The molecule has 2 aliphatic rings. The minimum absolute atomic E-state index is 0.00868. The first kappa shape index (κ1) is 19.7. The Labute approximate surface area is 170 Å². The van der Waals surface area contributed by atoms with Crippen molar-refractivity contribution < 1.29 is 9.59 Å². The minimum Gasteiger partial charge on any atom is -0.356 e. The van der Waals surface area contributed by atoms with Crippen molar-refractivity contribution in [2.75, 3.05) is 13.1 Å². The second-order valence-corrected chi connectivity index (χ2v) is 8.28. The molecule has 0 spiro atoms. The van der Waals surface area contributed by atoms with Gasteiger partial charge in [-0.25, -0.2) is 4.79 Å².